The third-order valence-corrected chi connectivity index (χ3v) is 3.31. The Labute approximate surface area is 93.5 Å². The summed E-state index contributed by atoms with van der Waals surface area (Å²) in [5.41, 5.74) is 0. The fourth-order valence-corrected chi connectivity index (χ4v) is 2.36. The number of hydrogen-bond acceptors (Lipinski definition) is 2. The Morgan fingerprint density at radius 1 is 1.27 bits per heavy atom. The Kier molecular flexibility index (Phi) is 6.47. The molecule has 1 aliphatic rings. The predicted molar refractivity (Wildman–Crippen MR) is 63.5 cm³/mol. The van der Waals surface area contributed by atoms with Crippen molar-refractivity contribution in [3.63, 3.8) is 0 Å². The van der Waals surface area contributed by atoms with Crippen molar-refractivity contribution in [1.29, 1.82) is 0 Å². The molecular formula is C13H23NO. The Morgan fingerprint density at radius 2 is 2.00 bits per heavy atom. The van der Waals surface area contributed by atoms with E-state index in [1.54, 1.807) is 0 Å². The van der Waals surface area contributed by atoms with Crippen molar-refractivity contribution in [3.8, 4) is 11.8 Å². The quantitative estimate of drug-likeness (QED) is 0.534. The van der Waals surface area contributed by atoms with Gasteiger partial charge in [0.05, 0.1) is 0 Å². The minimum absolute atomic E-state index is 0.362. The first kappa shape index (κ1) is 12.5. The molecule has 15 heavy (non-hydrogen) atoms. The number of hydrogen-bond donors (Lipinski definition) is 2. The van der Waals surface area contributed by atoms with Crippen molar-refractivity contribution in [2.45, 2.75) is 39.0 Å². The lowest BCUT2D eigenvalue weighted by Gasteiger charge is -2.30. The van der Waals surface area contributed by atoms with Crippen LogP contribution >= 0.6 is 0 Å². The Balaban J connectivity index is 2.14. The summed E-state index contributed by atoms with van der Waals surface area (Å²) in [7, 11) is 0. The van der Waals surface area contributed by atoms with Gasteiger partial charge in [0, 0.05) is 19.6 Å². The number of aliphatic hydroxyl groups excluding tert-OH is 1. The molecule has 0 aromatic heterocycles. The molecule has 86 valence electrons. The van der Waals surface area contributed by atoms with Crippen LogP contribution in [-0.2, 0) is 0 Å². The first-order valence-corrected chi connectivity index (χ1v) is 6.09. The summed E-state index contributed by atoms with van der Waals surface area (Å²) in [5, 5.41) is 12.7. The van der Waals surface area contributed by atoms with Crippen LogP contribution < -0.4 is 5.32 Å². The SMILES string of the molecule is CC#CCCNCC1CCCCC1CO. The van der Waals surface area contributed by atoms with E-state index in [-0.39, 0.29) is 0 Å². The molecule has 0 amide bonds. The van der Waals surface area contributed by atoms with Crippen LogP contribution in [0.5, 0.6) is 0 Å². The average Bonchev–Trinajstić information content (AvgIpc) is 2.29. The van der Waals surface area contributed by atoms with Crippen LogP contribution in [-0.4, -0.2) is 24.8 Å². The summed E-state index contributed by atoms with van der Waals surface area (Å²) in [4.78, 5) is 0. The molecule has 0 aliphatic heterocycles. The lowest BCUT2D eigenvalue weighted by Crippen LogP contribution is -2.32. The van der Waals surface area contributed by atoms with Gasteiger partial charge in [0.15, 0.2) is 0 Å². The molecule has 2 nitrogen and oxygen atoms in total. The van der Waals surface area contributed by atoms with Crippen LogP contribution in [0.25, 0.3) is 0 Å². The van der Waals surface area contributed by atoms with Crippen LogP contribution in [0.2, 0.25) is 0 Å². The molecule has 2 heteroatoms. The van der Waals surface area contributed by atoms with E-state index in [1.165, 1.54) is 25.7 Å². The predicted octanol–water partition coefficient (Wildman–Crippen LogP) is 1.79. The van der Waals surface area contributed by atoms with Crippen molar-refractivity contribution in [1.82, 2.24) is 5.32 Å². The van der Waals surface area contributed by atoms with Crippen molar-refractivity contribution in [2.75, 3.05) is 19.7 Å². The summed E-state index contributed by atoms with van der Waals surface area (Å²) < 4.78 is 0. The van der Waals surface area contributed by atoms with E-state index in [1.807, 2.05) is 6.92 Å². The van der Waals surface area contributed by atoms with E-state index >= 15 is 0 Å². The fourth-order valence-electron chi connectivity index (χ4n) is 2.36. The largest absolute Gasteiger partial charge is 0.396 e. The maximum absolute atomic E-state index is 9.25. The monoisotopic (exact) mass is 209 g/mol. The Morgan fingerprint density at radius 3 is 2.67 bits per heavy atom. The molecule has 0 saturated heterocycles. The van der Waals surface area contributed by atoms with E-state index in [4.69, 9.17) is 0 Å². The lowest BCUT2D eigenvalue weighted by molar-refractivity contribution is 0.133. The number of rotatable bonds is 5. The second-order valence-electron chi connectivity index (χ2n) is 4.37. The van der Waals surface area contributed by atoms with E-state index in [9.17, 15) is 5.11 Å². The van der Waals surface area contributed by atoms with Gasteiger partial charge < -0.3 is 10.4 Å². The van der Waals surface area contributed by atoms with E-state index in [0.29, 0.717) is 18.4 Å². The van der Waals surface area contributed by atoms with Gasteiger partial charge in [0.2, 0.25) is 0 Å². The van der Waals surface area contributed by atoms with Gasteiger partial charge in [0.25, 0.3) is 0 Å². The lowest BCUT2D eigenvalue weighted by atomic mass is 9.79. The van der Waals surface area contributed by atoms with Gasteiger partial charge in [-0.2, -0.15) is 0 Å². The number of nitrogens with one attached hydrogen (secondary N) is 1. The molecule has 0 spiro atoms. The molecule has 2 N–H and O–H groups in total. The highest BCUT2D eigenvalue weighted by Gasteiger charge is 2.23. The zero-order valence-corrected chi connectivity index (χ0v) is 9.76. The molecule has 0 aromatic carbocycles. The second kappa shape index (κ2) is 7.73. The van der Waals surface area contributed by atoms with E-state index in [0.717, 1.165) is 19.5 Å². The van der Waals surface area contributed by atoms with Gasteiger partial charge in [-0.3, -0.25) is 0 Å². The van der Waals surface area contributed by atoms with Crippen LogP contribution in [0, 0.1) is 23.7 Å². The molecule has 1 rings (SSSR count). The minimum atomic E-state index is 0.362. The van der Waals surface area contributed by atoms with Crippen molar-refractivity contribution >= 4 is 0 Å². The highest BCUT2D eigenvalue weighted by atomic mass is 16.3. The van der Waals surface area contributed by atoms with Crippen LogP contribution in [0.15, 0.2) is 0 Å². The molecule has 1 saturated carbocycles. The maximum atomic E-state index is 9.25. The van der Waals surface area contributed by atoms with Crippen molar-refractivity contribution in [3.05, 3.63) is 0 Å². The highest BCUT2D eigenvalue weighted by molar-refractivity contribution is 4.95. The summed E-state index contributed by atoms with van der Waals surface area (Å²) in [6.45, 7) is 4.27. The van der Waals surface area contributed by atoms with Gasteiger partial charge in [-0.1, -0.05) is 12.8 Å². The average molecular weight is 209 g/mol. The minimum Gasteiger partial charge on any atom is -0.396 e. The van der Waals surface area contributed by atoms with Gasteiger partial charge in [-0.15, -0.1) is 11.8 Å². The van der Waals surface area contributed by atoms with E-state index in [2.05, 4.69) is 17.2 Å². The summed E-state index contributed by atoms with van der Waals surface area (Å²) in [5.74, 6) is 7.16. The second-order valence-corrected chi connectivity index (χ2v) is 4.37. The first-order chi connectivity index (χ1) is 7.38. The molecule has 2 unspecified atom stereocenters. The smallest absolute Gasteiger partial charge is 0.0462 e. The van der Waals surface area contributed by atoms with Gasteiger partial charge in [0.1, 0.15) is 0 Å². The zero-order chi connectivity index (χ0) is 10.9. The normalized spacial score (nSPS) is 25.7. The number of aliphatic hydroxyl groups is 1. The molecule has 1 fully saturated rings. The Hall–Kier alpha value is -0.520. The van der Waals surface area contributed by atoms with Gasteiger partial charge in [-0.05, 0) is 38.1 Å². The molecule has 1 aliphatic carbocycles. The van der Waals surface area contributed by atoms with Crippen molar-refractivity contribution in [2.24, 2.45) is 11.8 Å². The third kappa shape index (κ3) is 4.68. The molecule has 2 atom stereocenters. The molecule has 0 aromatic rings. The fraction of sp³-hybridized carbons (Fsp3) is 0.846. The van der Waals surface area contributed by atoms with Gasteiger partial charge >= 0.3 is 0 Å². The highest BCUT2D eigenvalue weighted by Crippen LogP contribution is 2.28. The standard InChI is InChI=1S/C13H23NO/c1-2-3-6-9-14-10-12-7-4-5-8-13(12)11-15/h12-15H,4-11H2,1H3. The third-order valence-electron chi connectivity index (χ3n) is 3.31. The Bertz CT molecular complexity index is 216. The molecule has 0 radical (unpaired) electrons. The van der Waals surface area contributed by atoms with Crippen molar-refractivity contribution < 1.29 is 5.11 Å². The van der Waals surface area contributed by atoms with Crippen LogP contribution in [0.3, 0.4) is 0 Å². The topological polar surface area (TPSA) is 32.3 Å². The summed E-state index contributed by atoms with van der Waals surface area (Å²) >= 11 is 0. The van der Waals surface area contributed by atoms with E-state index < -0.39 is 0 Å². The van der Waals surface area contributed by atoms with Crippen LogP contribution in [0.4, 0.5) is 0 Å². The molecule has 0 bridgehead atoms. The summed E-state index contributed by atoms with van der Waals surface area (Å²) in [6.07, 6.45) is 6.04. The zero-order valence-electron chi connectivity index (χ0n) is 9.76. The van der Waals surface area contributed by atoms with Crippen LogP contribution in [0.1, 0.15) is 39.0 Å². The van der Waals surface area contributed by atoms with Gasteiger partial charge in [-0.25, -0.2) is 0 Å². The molecule has 0 heterocycles. The summed E-state index contributed by atoms with van der Waals surface area (Å²) in [6, 6.07) is 0. The first-order valence-electron chi connectivity index (χ1n) is 6.09. The maximum Gasteiger partial charge on any atom is 0.0462 e. The molecular weight excluding hydrogens is 186 g/mol.